The molecule has 6 heteroatoms. The zero-order valence-electron chi connectivity index (χ0n) is 14.0. The Labute approximate surface area is 140 Å². The maximum Gasteiger partial charge on any atom is 0.258 e. The molecule has 0 radical (unpaired) electrons. The van der Waals surface area contributed by atoms with E-state index in [4.69, 9.17) is 18.7 Å². The summed E-state index contributed by atoms with van der Waals surface area (Å²) in [7, 11) is 4.68. The van der Waals surface area contributed by atoms with Crippen molar-refractivity contribution in [2.45, 2.75) is 6.92 Å². The first-order chi connectivity index (χ1) is 11.7. The molecule has 0 amide bonds. The van der Waals surface area contributed by atoms with Gasteiger partial charge in [0.25, 0.3) is 5.89 Å². The van der Waals surface area contributed by atoms with E-state index < -0.39 is 0 Å². The fourth-order valence-corrected chi connectivity index (χ4v) is 2.37. The van der Waals surface area contributed by atoms with Crippen molar-refractivity contribution in [1.29, 1.82) is 0 Å². The molecule has 1 aromatic heterocycles. The van der Waals surface area contributed by atoms with Crippen LogP contribution in [0.4, 0.5) is 0 Å². The predicted octanol–water partition coefficient (Wildman–Crippen LogP) is 3.74. The van der Waals surface area contributed by atoms with Crippen molar-refractivity contribution in [3.63, 3.8) is 0 Å². The Morgan fingerprint density at radius 2 is 1.46 bits per heavy atom. The third-order valence-corrected chi connectivity index (χ3v) is 3.65. The van der Waals surface area contributed by atoms with E-state index in [0.717, 1.165) is 5.56 Å². The van der Waals surface area contributed by atoms with E-state index in [-0.39, 0.29) is 0 Å². The second-order valence-corrected chi connectivity index (χ2v) is 5.20. The molecule has 1 heterocycles. The third kappa shape index (κ3) is 2.90. The Kier molecular flexibility index (Phi) is 4.37. The van der Waals surface area contributed by atoms with Crippen molar-refractivity contribution in [3.05, 3.63) is 42.0 Å². The highest BCUT2D eigenvalue weighted by Gasteiger charge is 2.18. The van der Waals surface area contributed by atoms with Crippen molar-refractivity contribution in [1.82, 2.24) is 10.1 Å². The molecule has 24 heavy (non-hydrogen) atoms. The highest BCUT2D eigenvalue weighted by Crippen LogP contribution is 2.41. The van der Waals surface area contributed by atoms with Gasteiger partial charge >= 0.3 is 0 Å². The highest BCUT2D eigenvalue weighted by atomic mass is 16.5. The van der Waals surface area contributed by atoms with Crippen LogP contribution in [0.3, 0.4) is 0 Å². The van der Waals surface area contributed by atoms with Crippen LogP contribution in [-0.4, -0.2) is 31.5 Å². The summed E-state index contributed by atoms with van der Waals surface area (Å²) in [6, 6.07) is 11.5. The number of rotatable bonds is 5. The molecule has 0 unspecified atom stereocenters. The zero-order chi connectivity index (χ0) is 17.1. The smallest absolute Gasteiger partial charge is 0.258 e. The van der Waals surface area contributed by atoms with E-state index in [2.05, 4.69) is 10.1 Å². The molecular formula is C18H18N2O4. The quantitative estimate of drug-likeness (QED) is 0.711. The van der Waals surface area contributed by atoms with Crippen LogP contribution in [0.1, 0.15) is 5.56 Å². The fourth-order valence-electron chi connectivity index (χ4n) is 2.37. The molecule has 0 bridgehead atoms. The molecule has 0 aliphatic rings. The van der Waals surface area contributed by atoms with Gasteiger partial charge in [-0.1, -0.05) is 35.0 Å². The summed E-state index contributed by atoms with van der Waals surface area (Å²) in [5.74, 6) is 2.48. The first-order valence-electron chi connectivity index (χ1n) is 7.37. The standard InChI is InChI=1S/C18H18N2O4/c1-11-5-7-12(8-6-11)17-19-18(24-20-17)13-9-14(21-2)16(23-4)15(10-13)22-3/h5-10H,1-4H3. The molecule has 0 atom stereocenters. The summed E-state index contributed by atoms with van der Waals surface area (Å²) in [5.41, 5.74) is 2.76. The molecule has 2 aromatic carbocycles. The summed E-state index contributed by atoms with van der Waals surface area (Å²) < 4.78 is 21.4. The summed E-state index contributed by atoms with van der Waals surface area (Å²) in [6.45, 7) is 2.03. The van der Waals surface area contributed by atoms with Crippen molar-refractivity contribution in [3.8, 4) is 40.1 Å². The molecular weight excluding hydrogens is 308 g/mol. The number of aromatic nitrogens is 2. The lowest BCUT2D eigenvalue weighted by Gasteiger charge is -2.12. The number of methoxy groups -OCH3 is 3. The van der Waals surface area contributed by atoms with Gasteiger partial charge < -0.3 is 18.7 Å². The third-order valence-electron chi connectivity index (χ3n) is 3.65. The lowest BCUT2D eigenvalue weighted by molar-refractivity contribution is 0.324. The zero-order valence-corrected chi connectivity index (χ0v) is 14.0. The fraction of sp³-hybridized carbons (Fsp3) is 0.222. The summed E-state index contributed by atoms with van der Waals surface area (Å²) in [6.07, 6.45) is 0. The van der Waals surface area contributed by atoms with Crippen LogP contribution in [0.15, 0.2) is 40.9 Å². The predicted molar refractivity (Wildman–Crippen MR) is 89.6 cm³/mol. The number of ether oxygens (including phenoxy) is 3. The molecule has 0 aliphatic heterocycles. The minimum atomic E-state index is 0.379. The van der Waals surface area contributed by atoms with E-state index in [9.17, 15) is 0 Å². The molecule has 0 N–H and O–H groups in total. The summed E-state index contributed by atoms with van der Waals surface area (Å²) >= 11 is 0. The Hall–Kier alpha value is -3.02. The van der Waals surface area contributed by atoms with Gasteiger partial charge in [-0.25, -0.2) is 0 Å². The number of nitrogens with zero attached hydrogens (tertiary/aromatic N) is 2. The second-order valence-electron chi connectivity index (χ2n) is 5.20. The normalized spacial score (nSPS) is 10.5. The van der Waals surface area contributed by atoms with Gasteiger partial charge in [-0.2, -0.15) is 4.98 Å². The SMILES string of the molecule is COc1cc(-c2nc(-c3ccc(C)cc3)no2)cc(OC)c1OC. The Balaban J connectivity index is 2.02. The van der Waals surface area contributed by atoms with E-state index in [1.807, 2.05) is 31.2 Å². The lowest BCUT2D eigenvalue weighted by Crippen LogP contribution is -1.95. The molecule has 3 rings (SSSR count). The van der Waals surface area contributed by atoms with Crippen LogP contribution in [0.2, 0.25) is 0 Å². The average molecular weight is 326 g/mol. The van der Waals surface area contributed by atoms with Crippen molar-refractivity contribution < 1.29 is 18.7 Å². The van der Waals surface area contributed by atoms with Gasteiger partial charge in [0.1, 0.15) is 0 Å². The molecule has 0 aliphatic carbocycles. The van der Waals surface area contributed by atoms with E-state index in [0.29, 0.717) is 34.5 Å². The van der Waals surface area contributed by atoms with Crippen LogP contribution in [0.5, 0.6) is 17.2 Å². The molecule has 0 fully saturated rings. The maximum atomic E-state index is 5.39. The number of hydrogen-bond donors (Lipinski definition) is 0. The second kappa shape index (κ2) is 6.62. The Morgan fingerprint density at radius 3 is 2.00 bits per heavy atom. The van der Waals surface area contributed by atoms with Gasteiger partial charge in [-0.15, -0.1) is 0 Å². The van der Waals surface area contributed by atoms with Gasteiger partial charge in [-0.3, -0.25) is 0 Å². The van der Waals surface area contributed by atoms with Crippen molar-refractivity contribution in [2.75, 3.05) is 21.3 Å². The molecule has 0 saturated carbocycles. The van der Waals surface area contributed by atoms with E-state index in [1.165, 1.54) is 5.56 Å². The maximum absolute atomic E-state index is 5.39. The highest BCUT2D eigenvalue weighted by molar-refractivity contribution is 5.67. The van der Waals surface area contributed by atoms with Crippen LogP contribution in [-0.2, 0) is 0 Å². The largest absolute Gasteiger partial charge is 0.493 e. The summed E-state index contributed by atoms with van der Waals surface area (Å²) in [4.78, 5) is 4.46. The van der Waals surface area contributed by atoms with Gasteiger partial charge in [0.15, 0.2) is 11.5 Å². The molecule has 124 valence electrons. The average Bonchev–Trinajstić information content (AvgIpc) is 3.11. The van der Waals surface area contributed by atoms with Crippen LogP contribution < -0.4 is 14.2 Å². The number of hydrogen-bond acceptors (Lipinski definition) is 6. The van der Waals surface area contributed by atoms with Gasteiger partial charge in [0.2, 0.25) is 11.6 Å². The molecule has 0 spiro atoms. The lowest BCUT2D eigenvalue weighted by atomic mass is 10.1. The monoisotopic (exact) mass is 326 g/mol. The first kappa shape index (κ1) is 15.9. The van der Waals surface area contributed by atoms with Crippen molar-refractivity contribution in [2.24, 2.45) is 0 Å². The minimum absolute atomic E-state index is 0.379. The van der Waals surface area contributed by atoms with E-state index >= 15 is 0 Å². The Bertz CT molecular complexity index is 815. The van der Waals surface area contributed by atoms with Crippen LogP contribution in [0, 0.1) is 6.92 Å². The van der Waals surface area contributed by atoms with Gasteiger partial charge in [0, 0.05) is 11.1 Å². The van der Waals surface area contributed by atoms with Crippen LogP contribution >= 0.6 is 0 Å². The number of benzene rings is 2. The molecule has 6 nitrogen and oxygen atoms in total. The molecule has 3 aromatic rings. The van der Waals surface area contributed by atoms with Crippen LogP contribution in [0.25, 0.3) is 22.8 Å². The Morgan fingerprint density at radius 1 is 0.833 bits per heavy atom. The first-order valence-corrected chi connectivity index (χ1v) is 7.37. The summed E-state index contributed by atoms with van der Waals surface area (Å²) in [5, 5.41) is 4.05. The minimum Gasteiger partial charge on any atom is -0.493 e. The van der Waals surface area contributed by atoms with Gasteiger partial charge in [-0.05, 0) is 19.1 Å². The topological polar surface area (TPSA) is 66.6 Å². The van der Waals surface area contributed by atoms with Gasteiger partial charge in [0.05, 0.1) is 21.3 Å². The van der Waals surface area contributed by atoms with Crippen molar-refractivity contribution >= 4 is 0 Å². The molecule has 0 saturated heterocycles. The van der Waals surface area contributed by atoms with E-state index in [1.54, 1.807) is 33.5 Å². The number of aryl methyl sites for hydroxylation is 1.